The Morgan fingerprint density at radius 2 is 2.05 bits per heavy atom. The molecule has 2 aromatic carbocycles. The second-order valence-corrected chi connectivity index (χ2v) is 4.48. The summed E-state index contributed by atoms with van der Waals surface area (Å²) in [7, 11) is 0. The molecule has 5 heteroatoms. The number of nitrogens with one attached hydrogen (secondary N) is 1. The van der Waals surface area contributed by atoms with Crippen molar-refractivity contribution in [2.24, 2.45) is 0 Å². The van der Waals surface area contributed by atoms with Crippen molar-refractivity contribution >= 4 is 23.0 Å². The van der Waals surface area contributed by atoms with E-state index in [1.54, 1.807) is 36.4 Å². The van der Waals surface area contributed by atoms with Crippen molar-refractivity contribution in [3.8, 4) is 11.8 Å². The average molecular weight is 274 g/mol. The Hall–Kier alpha value is -2.38. The molecule has 19 heavy (non-hydrogen) atoms. The van der Waals surface area contributed by atoms with E-state index in [2.05, 4.69) is 11.4 Å². The van der Waals surface area contributed by atoms with Gasteiger partial charge in [-0.1, -0.05) is 11.6 Å². The van der Waals surface area contributed by atoms with Gasteiger partial charge in [0.15, 0.2) is 0 Å². The van der Waals surface area contributed by atoms with Gasteiger partial charge in [-0.3, -0.25) is 0 Å². The van der Waals surface area contributed by atoms with Crippen LogP contribution in [0.2, 0.25) is 5.02 Å². The van der Waals surface area contributed by atoms with E-state index in [1.165, 1.54) is 0 Å². The van der Waals surface area contributed by atoms with Crippen LogP contribution in [0.1, 0.15) is 11.1 Å². The molecule has 0 aliphatic carbocycles. The summed E-state index contributed by atoms with van der Waals surface area (Å²) < 4.78 is 0. The highest BCUT2D eigenvalue weighted by atomic mass is 35.5. The van der Waals surface area contributed by atoms with Crippen molar-refractivity contribution in [1.29, 1.82) is 5.26 Å². The van der Waals surface area contributed by atoms with Crippen molar-refractivity contribution in [3.63, 3.8) is 0 Å². The van der Waals surface area contributed by atoms with Gasteiger partial charge in [0.1, 0.15) is 11.8 Å². The van der Waals surface area contributed by atoms with Crippen molar-refractivity contribution in [2.45, 2.75) is 6.54 Å². The minimum absolute atomic E-state index is 0.161. The lowest BCUT2D eigenvalue weighted by atomic mass is 10.1. The molecule has 96 valence electrons. The Labute approximate surface area is 116 Å². The molecule has 0 atom stereocenters. The van der Waals surface area contributed by atoms with Crippen LogP contribution in [0.15, 0.2) is 36.4 Å². The number of anilines is 2. The molecule has 0 fully saturated rings. The summed E-state index contributed by atoms with van der Waals surface area (Å²) in [5.74, 6) is 0.161. The highest BCUT2D eigenvalue weighted by molar-refractivity contribution is 6.30. The second kappa shape index (κ2) is 5.51. The topological polar surface area (TPSA) is 82.1 Å². The Balaban J connectivity index is 2.19. The van der Waals surface area contributed by atoms with Crippen LogP contribution in [0.4, 0.5) is 11.4 Å². The molecule has 0 heterocycles. The fourth-order valence-corrected chi connectivity index (χ4v) is 1.87. The zero-order valence-electron chi connectivity index (χ0n) is 10.0. The number of hydrogen-bond donors (Lipinski definition) is 3. The van der Waals surface area contributed by atoms with Crippen LogP contribution in [0.3, 0.4) is 0 Å². The summed E-state index contributed by atoms with van der Waals surface area (Å²) in [6, 6.07) is 11.9. The average Bonchev–Trinajstić information content (AvgIpc) is 2.40. The normalized spacial score (nSPS) is 9.89. The molecule has 0 unspecified atom stereocenters. The largest absolute Gasteiger partial charge is 0.508 e. The lowest BCUT2D eigenvalue weighted by Gasteiger charge is -2.10. The number of nitrogens with two attached hydrogens (primary N) is 1. The smallest absolute Gasteiger partial charge is 0.120 e. The first-order valence-electron chi connectivity index (χ1n) is 5.61. The molecule has 0 saturated carbocycles. The number of halogens is 1. The summed E-state index contributed by atoms with van der Waals surface area (Å²) in [5.41, 5.74) is 8.02. The highest BCUT2D eigenvalue weighted by Crippen LogP contribution is 2.23. The third kappa shape index (κ3) is 3.09. The Morgan fingerprint density at radius 3 is 2.79 bits per heavy atom. The molecular formula is C14H12ClN3O. The quantitative estimate of drug-likeness (QED) is 0.593. The van der Waals surface area contributed by atoms with Gasteiger partial charge in [-0.25, -0.2) is 0 Å². The zero-order chi connectivity index (χ0) is 13.8. The summed E-state index contributed by atoms with van der Waals surface area (Å²) in [4.78, 5) is 0. The zero-order valence-corrected chi connectivity index (χ0v) is 10.8. The van der Waals surface area contributed by atoms with Gasteiger partial charge in [0.05, 0.1) is 11.3 Å². The van der Waals surface area contributed by atoms with Gasteiger partial charge in [0.25, 0.3) is 0 Å². The van der Waals surface area contributed by atoms with Crippen LogP contribution in [0, 0.1) is 11.3 Å². The summed E-state index contributed by atoms with van der Waals surface area (Å²) in [6.45, 7) is 0.368. The first kappa shape index (κ1) is 13.1. The van der Waals surface area contributed by atoms with Crippen LogP contribution >= 0.6 is 11.6 Å². The van der Waals surface area contributed by atoms with Crippen molar-refractivity contribution in [2.75, 3.05) is 11.1 Å². The summed E-state index contributed by atoms with van der Waals surface area (Å²) in [6.07, 6.45) is 0. The summed E-state index contributed by atoms with van der Waals surface area (Å²) in [5, 5.41) is 22.3. The predicted molar refractivity (Wildman–Crippen MR) is 76.0 cm³/mol. The first-order valence-corrected chi connectivity index (χ1v) is 5.99. The number of nitrogens with zero attached hydrogens (tertiary/aromatic N) is 1. The molecular weight excluding hydrogens is 262 g/mol. The highest BCUT2D eigenvalue weighted by Gasteiger charge is 2.05. The van der Waals surface area contributed by atoms with Crippen LogP contribution in [0.25, 0.3) is 0 Å². The maximum Gasteiger partial charge on any atom is 0.120 e. The lowest BCUT2D eigenvalue weighted by molar-refractivity contribution is 0.469. The molecule has 0 saturated heterocycles. The lowest BCUT2D eigenvalue weighted by Crippen LogP contribution is -2.02. The third-order valence-corrected chi connectivity index (χ3v) is 2.91. The van der Waals surface area contributed by atoms with Gasteiger partial charge in [-0.2, -0.15) is 5.26 Å². The third-order valence-electron chi connectivity index (χ3n) is 2.67. The number of hydrogen-bond acceptors (Lipinski definition) is 4. The minimum Gasteiger partial charge on any atom is -0.508 e. The molecule has 0 spiro atoms. The van der Waals surface area contributed by atoms with Crippen LogP contribution < -0.4 is 11.1 Å². The van der Waals surface area contributed by atoms with Crippen molar-refractivity contribution in [1.82, 2.24) is 0 Å². The molecule has 4 nitrogen and oxygen atoms in total. The van der Waals surface area contributed by atoms with Gasteiger partial charge in [-0.05, 0) is 36.4 Å². The SMILES string of the molecule is N#Cc1cc(Cl)ccc1NCc1cc(N)ccc1O. The standard InChI is InChI=1S/C14H12ClN3O/c15-11-1-3-13(9(5-11)7-16)18-8-10-6-12(17)2-4-14(10)19/h1-6,18-19H,8,17H2. The molecule has 2 rings (SSSR count). The maximum absolute atomic E-state index is 9.70. The fraction of sp³-hybridized carbons (Fsp3) is 0.0714. The second-order valence-electron chi connectivity index (χ2n) is 4.04. The predicted octanol–water partition coefficient (Wildman–Crippen LogP) is 3.11. The molecule has 0 aromatic heterocycles. The van der Waals surface area contributed by atoms with Crippen LogP contribution in [-0.2, 0) is 6.54 Å². The molecule has 0 radical (unpaired) electrons. The molecule has 0 aliphatic rings. The monoisotopic (exact) mass is 273 g/mol. The maximum atomic E-state index is 9.70. The Morgan fingerprint density at radius 1 is 1.26 bits per heavy atom. The van der Waals surface area contributed by atoms with E-state index in [4.69, 9.17) is 22.6 Å². The van der Waals surface area contributed by atoms with Gasteiger partial charge in [0, 0.05) is 22.8 Å². The number of nitriles is 1. The molecule has 0 bridgehead atoms. The van der Waals surface area contributed by atoms with E-state index in [9.17, 15) is 5.11 Å². The van der Waals surface area contributed by atoms with E-state index < -0.39 is 0 Å². The van der Waals surface area contributed by atoms with E-state index in [-0.39, 0.29) is 5.75 Å². The van der Waals surface area contributed by atoms with Gasteiger partial charge >= 0.3 is 0 Å². The number of phenolic OH excluding ortho intramolecular Hbond substituents is 1. The van der Waals surface area contributed by atoms with E-state index in [0.717, 1.165) is 0 Å². The van der Waals surface area contributed by atoms with Gasteiger partial charge in [0.2, 0.25) is 0 Å². The van der Waals surface area contributed by atoms with Gasteiger partial charge < -0.3 is 16.2 Å². The number of benzene rings is 2. The number of nitrogen functional groups attached to an aromatic ring is 1. The number of rotatable bonds is 3. The van der Waals surface area contributed by atoms with E-state index in [1.807, 2.05) is 0 Å². The van der Waals surface area contributed by atoms with Crippen molar-refractivity contribution < 1.29 is 5.11 Å². The van der Waals surface area contributed by atoms with E-state index >= 15 is 0 Å². The molecule has 0 aliphatic heterocycles. The molecule has 4 N–H and O–H groups in total. The first-order chi connectivity index (χ1) is 9.10. The fourth-order valence-electron chi connectivity index (χ4n) is 1.70. The Kier molecular flexibility index (Phi) is 3.79. The van der Waals surface area contributed by atoms with Crippen LogP contribution in [0.5, 0.6) is 5.75 Å². The van der Waals surface area contributed by atoms with Gasteiger partial charge in [-0.15, -0.1) is 0 Å². The Bertz CT molecular complexity index is 650. The minimum atomic E-state index is 0.161. The number of aromatic hydroxyl groups is 1. The molecule has 0 amide bonds. The summed E-state index contributed by atoms with van der Waals surface area (Å²) >= 11 is 5.82. The van der Waals surface area contributed by atoms with Crippen molar-refractivity contribution in [3.05, 3.63) is 52.5 Å². The van der Waals surface area contributed by atoms with E-state index in [0.29, 0.717) is 34.1 Å². The number of phenols is 1. The molecule has 2 aromatic rings. The van der Waals surface area contributed by atoms with Crippen LogP contribution in [-0.4, -0.2) is 5.11 Å².